The second kappa shape index (κ2) is 5.64. The molecule has 1 aromatic carbocycles. The summed E-state index contributed by atoms with van der Waals surface area (Å²) in [7, 11) is 0. The fourth-order valence-electron chi connectivity index (χ4n) is 2.63. The number of anilines is 2. The number of nitrogens with one attached hydrogen (secondary N) is 1. The molecule has 2 heterocycles. The number of ether oxygens (including phenoxy) is 1. The van der Waals surface area contributed by atoms with Gasteiger partial charge in [0, 0.05) is 36.6 Å². The summed E-state index contributed by atoms with van der Waals surface area (Å²) in [5, 5.41) is 3.26. The molecule has 0 aromatic heterocycles. The zero-order chi connectivity index (χ0) is 13.9. The molecule has 1 fully saturated rings. The van der Waals surface area contributed by atoms with Crippen LogP contribution in [0, 0.1) is 0 Å². The summed E-state index contributed by atoms with van der Waals surface area (Å²) in [6.07, 6.45) is 2.73. The van der Waals surface area contributed by atoms with E-state index >= 15 is 0 Å². The largest absolute Gasteiger partial charge is 0.399 e. The van der Waals surface area contributed by atoms with Gasteiger partial charge in [-0.05, 0) is 30.7 Å². The molecule has 1 unspecified atom stereocenters. The van der Waals surface area contributed by atoms with Crippen LogP contribution in [0.3, 0.4) is 0 Å². The maximum Gasteiger partial charge on any atom is 0.256 e. The summed E-state index contributed by atoms with van der Waals surface area (Å²) in [5.74, 6) is 0.0368. The van der Waals surface area contributed by atoms with E-state index in [1.165, 1.54) is 0 Å². The molecule has 3 N–H and O–H groups in total. The van der Waals surface area contributed by atoms with Gasteiger partial charge >= 0.3 is 0 Å². The zero-order valence-corrected chi connectivity index (χ0v) is 11.3. The van der Waals surface area contributed by atoms with Crippen LogP contribution in [-0.2, 0) is 9.53 Å². The molecule has 0 aliphatic carbocycles. The van der Waals surface area contributed by atoms with Gasteiger partial charge in [-0.1, -0.05) is 6.08 Å². The summed E-state index contributed by atoms with van der Waals surface area (Å²) < 4.78 is 5.69. The number of carbonyl (C=O) groups is 1. The van der Waals surface area contributed by atoms with Gasteiger partial charge in [0.15, 0.2) is 0 Å². The lowest BCUT2D eigenvalue weighted by molar-refractivity contribution is -0.117. The van der Waals surface area contributed by atoms with E-state index in [1.807, 2.05) is 30.3 Å². The molecule has 1 amide bonds. The predicted molar refractivity (Wildman–Crippen MR) is 78.5 cm³/mol. The van der Waals surface area contributed by atoms with Crippen LogP contribution in [-0.4, -0.2) is 38.3 Å². The highest BCUT2D eigenvalue weighted by atomic mass is 16.5. The number of hydrogen-bond donors (Lipinski definition) is 2. The number of morpholine rings is 1. The molecule has 1 atom stereocenters. The maximum atomic E-state index is 12.6. The van der Waals surface area contributed by atoms with Gasteiger partial charge in [0.25, 0.3) is 5.91 Å². The van der Waals surface area contributed by atoms with Gasteiger partial charge < -0.3 is 20.7 Å². The Morgan fingerprint density at radius 2 is 2.10 bits per heavy atom. The first-order valence-electron chi connectivity index (χ1n) is 6.95. The number of nitrogens with two attached hydrogens (primary N) is 1. The summed E-state index contributed by atoms with van der Waals surface area (Å²) in [4.78, 5) is 14.4. The molecule has 3 rings (SSSR count). The Morgan fingerprint density at radius 1 is 1.30 bits per heavy atom. The fraction of sp³-hybridized carbons (Fsp3) is 0.400. The van der Waals surface area contributed by atoms with Gasteiger partial charge in [-0.25, -0.2) is 0 Å². The first-order valence-corrected chi connectivity index (χ1v) is 6.95. The van der Waals surface area contributed by atoms with E-state index < -0.39 is 0 Å². The lowest BCUT2D eigenvalue weighted by Crippen LogP contribution is -2.46. The molecule has 5 nitrogen and oxygen atoms in total. The van der Waals surface area contributed by atoms with Gasteiger partial charge in [0.2, 0.25) is 0 Å². The molecule has 0 saturated carbocycles. The number of nitrogens with zero attached hydrogens (tertiary/aromatic N) is 1. The van der Waals surface area contributed by atoms with Crippen molar-refractivity contribution in [3.63, 3.8) is 0 Å². The van der Waals surface area contributed by atoms with Gasteiger partial charge in [-0.3, -0.25) is 4.79 Å². The molecule has 1 aromatic rings. The van der Waals surface area contributed by atoms with Crippen LogP contribution >= 0.6 is 0 Å². The Hall–Kier alpha value is -1.85. The van der Waals surface area contributed by atoms with Crippen LogP contribution in [0.15, 0.2) is 35.9 Å². The van der Waals surface area contributed by atoms with E-state index in [1.54, 1.807) is 4.90 Å². The molecule has 0 spiro atoms. The van der Waals surface area contributed by atoms with Crippen molar-refractivity contribution in [3.8, 4) is 0 Å². The smallest absolute Gasteiger partial charge is 0.256 e. The molecule has 1 saturated heterocycles. The minimum atomic E-state index is -0.132. The van der Waals surface area contributed by atoms with Crippen molar-refractivity contribution in [1.29, 1.82) is 0 Å². The van der Waals surface area contributed by atoms with Crippen LogP contribution in [0.5, 0.6) is 0 Å². The number of benzene rings is 1. The Kier molecular flexibility index (Phi) is 3.71. The molecular weight excluding hydrogens is 254 g/mol. The topological polar surface area (TPSA) is 67.6 Å². The van der Waals surface area contributed by atoms with E-state index in [9.17, 15) is 4.79 Å². The highest BCUT2D eigenvalue weighted by molar-refractivity contribution is 6.07. The summed E-state index contributed by atoms with van der Waals surface area (Å²) in [6.45, 7) is 2.90. The van der Waals surface area contributed by atoms with Crippen molar-refractivity contribution in [2.45, 2.75) is 12.5 Å². The van der Waals surface area contributed by atoms with Crippen LogP contribution in [0.4, 0.5) is 11.4 Å². The van der Waals surface area contributed by atoms with Crippen molar-refractivity contribution in [1.82, 2.24) is 5.32 Å². The molecule has 0 radical (unpaired) electrons. The Balaban J connectivity index is 1.80. The second-order valence-electron chi connectivity index (χ2n) is 5.06. The second-order valence-corrected chi connectivity index (χ2v) is 5.06. The highest BCUT2D eigenvalue weighted by Crippen LogP contribution is 2.24. The molecule has 20 heavy (non-hydrogen) atoms. The number of amides is 1. The average Bonchev–Trinajstić information content (AvgIpc) is 2.49. The van der Waals surface area contributed by atoms with Crippen LogP contribution in [0.1, 0.15) is 6.42 Å². The van der Waals surface area contributed by atoms with E-state index in [0.717, 1.165) is 24.2 Å². The predicted octanol–water partition coefficient (Wildman–Crippen LogP) is 0.920. The minimum Gasteiger partial charge on any atom is -0.399 e. The Labute approximate surface area is 118 Å². The third-order valence-corrected chi connectivity index (χ3v) is 3.69. The van der Waals surface area contributed by atoms with Crippen LogP contribution < -0.4 is 16.0 Å². The highest BCUT2D eigenvalue weighted by Gasteiger charge is 2.30. The standard InChI is InChI=1S/C15H19N3O2/c16-11-3-5-12(6-4-11)18-8-1-2-13(15(18)19)14-10-17-7-9-20-14/h2-6,14,17H,1,7-10,16H2. The number of carbonyl (C=O) groups excluding carboxylic acids is 1. The van der Waals surface area contributed by atoms with Crippen molar-refractivity contribution >= 4 is 17.3 Å². The first-order chi connectivity index (χ1) is 9.75. The van der Waals surface area contributed by atoms with Crippen molar-refractivity contribution in [2.75, 3.05) is 36.9 Å². The fourth-order valence-corrected chi connectivity index (χ4v) is 2.63. The van der Waals surface area contributed by atoms with Gasteiger partial charge in [0.1, 0.15) is 0 Å². The van der Waals surface area contributed by atoms with Gasteiger partial charge in [-0.2, -0.15) is 0 Å². The third kappa shape index (κ3) is 2.55. The normalized spacial score (nSPS) is 23.6. The number of rotatable bonds is 2. The van der Waals surface area contributed by atoms with Gasteiger partial charge in [-0.15, -0.1) is 0 Å². The Morgan fingerprint density at radius 3 is 2.80 bits per heavy atom. The van der Waals surface area contributed by atoms with E-state index in [2.05, 4.69) is 5.32 Å². The molecular formula is C15H19N3O2. The van der Waals surface area contributed by atoms with E-state index in [-0.39, 0.29) is 12.0 Å². The quantitative estimate of drug-likeness (QED) is 0.786. The molecule has 106 valence electrons. The minimum absolute atomic E-state index is 0.0368. The van der Waals surface area contributed by atoms with Gasteiger partial charge in [0.05, 0.1) is 12.7 Å². The van der Waals surface area contributed by atoms with Crippen LogP contribution in [0.25, 0.3) is 0 Å². The lowest BCUT2D eigenvalue weighted by atomic mass is 10.0. The molecule has 0 bridgehead atoms. The molecule has 5 heteroatoms. The summed E-state index contributed by atoms with van der Waals surface area (Å²) >= 11 is 0. The first kappa shape index (κ1) is 13.1. The van der Waals surface area contributed by atoms with E-state index in [4.69, 9.17) is 10.5 Å². The molecule has 2 aliphatic rings. The summed E-state index contributed by atoms with van der Waals surface area (Å²) in [6, 6.07) is 7.41. The third-order valence-electron chi connectivity index (χ3n) is 3.69. The zero-order valence-electron chi connectivity index (χ0n) is 11.3. The van der Waals surface area contributed by atoms with Crippen molar-refractivity contribution in [2.24, 2.45) is 0 Å². The van der Waals surface area contributed by atoms with Crippen molar-refractivity contribution in [3.05, 3.63) is 35.9 Å². The van der Waals surface area contributed by atoms with E-state index in [0.29, 0.717) is 25.4 Å². The lowest BCUT2D eigenvalue weighted by Gasteiger charge is -2.32. The average molecular weight is 273 g/mol. The SMILES string of the molecule is Nc1ccc(N2CCC=C(C3CNCCO3)C2=O)cc1. The molecule has 2 aliphatic heterocycles. The summed E-state index contributed by atoms with van der Waals surface area (Å²) in [5.41, 5.74) is 8.05. The van der Waals surface area contributed by atoms with Crippen molar-refractivity contribution < 1.29 is 9.53 Å². The Bertz CT molecular complexity index is 518. The maximum absolute atomic E-state index is 12.6. The number of hydrogen-bond acceptors (Lipinski definition) is 4. The monoisotopic (exact) mass is 273 g/mol. The van der Waals surface area contributed by atoms with Crippen LogP contribution in [0.2, 0.25) is 0 Å². The number of nitrogen functional groups attached to an aromatic ring is 1.